The second-order valence-electron chi connectivity index (χ2n) is 4.48. The normalized spacial score (nSPS) is 12.0. The Morgan fingerprint density at radius 1 is 1.24 bits per heavy atom. The van der Waals surface area contributed by atoms with Gasteiger partial charge in [0.1, 0.15) is 11.2 Å². The first-order chi connectivity index (χ1) is 9.66. The average molecular weight is 304 g/mol. The molecule has 8 heteroatoms. The maximum atomic E-state index is 12.4. The van der Waals surface area contributed by atoms with Crippen molar-refractivity contribution < 1.29 is 27.9 Å². The number of nitrogens with one attached hydrogen (secondary N) is 1. The van der Waals surface area contributed by atoms with Crippen molar-refractivity contribution >= 4 is 11.9 Å². The number of rotatable bonds is 5. The first-order valence-electron chi connectivity index (χ1n) is 6.25. The highest BCUT2D eigenvalue weighted by Gasteiger charge is 2.37. The van der Waals surface area contributed by atoms with Gasteiger partial charge in [0.2, 0.25) is 0 Å². The van der Waals surface area contributed by atoms with Gasteiger partial charge in [-0.15, -0.1) is 0 Å². The van der Waals surface area contributed by atoms with Crippen molar-refractivity contribution in [2.24, 2.45) is 0 Å². The van der Waals surface area contributed by atoms with E-state index in [2.05, 4.69) is 10.3 Å². The summed E-state index contributed by atoms with van der Waals surface area (Å²) in [6.07, 6.45) is -3.51. The summed E-state index contributed by atoms with van der Waals surface area (Å²) >= 11 is 0. The summed E-state index contributed by atoms with van der Waals surface area (Å²) in [6, 6.07) is 1.64. The van der Waals surface area contributed by atoms with Gasteiger partial charge in [0.15, 0.2) is 0 Å². The predicted octanol–water partition coefficient (Wildman–Crippen LogP) is 2.47. The third kappa shape index (κ3) is 3.71. The van der Waals surface area contributed by atoms with Crippen LogP contribution in [0.25, 0.3) is 0 Å². The van der Waals surface area contributed by atoms with Gasteiger partial charge in [0.05, 0.1) is 5.56 Å². The van der Waals surface area contributed by atoms with E-state index in [1.807, 2.05) is 0 Å². The standard InChI is InChI=1S/C13H15F3N2O3/c1-3-12(4-2,11(20)21)18-10(19)8-5-6-9(17-7-8)13(14,15)16/h5-7H,3-4H2,1-2H3,(H,18,19)(H,20,21). The van der Waals surface area contributed by atoms with E-state index in [0.717, 1.165) is 12.3 Å². The molecule has 0 spiro atoms. The fourth-order valence-electron chi connectivity index (χ4n) is 1.77. The number of hydrogen-bond acceptors (Lipinski definition) is 3. The van der Waals surface area contributed by atoms with Crippen LogP contribution in [-0.4, -0.2) is 27.5 Å². The van der Waals surface area contributed by atoms with E-state index in [1.54, 1.807) is 13.8 Å². The molecule has 2 N–H and O–H groups in total. The number of carboxylic acid groups (broad SMARTS) is 1. The molecule has 0 unspecified atom stereocenters. The summed E-state index contributed by atoms with van der Waals surface area (Å²) in [5.74, 6) is -1.97. The zero-order chi connectivity index (χ0) is 16.3. The molecule has 0 saturated carbocycles. The number of halogens is 3. The molecule has 0 saturated heterocycles. The molecule has 1 heterocycles. The number of carbonyl (C=O) groups excluding carboxylic acids is 1. The summed E-state index contributed by atoms with van der Waals surface area (Å²) in [5, 5.41) is 11.5. The van der Waals surface area contributed by atoms with Crippen LogP contribution in [0.4, 0.5) is 13.2 Å². The minimum Gasteiger partial charge on any atom is -0.480 e. The number of hydrogen-bond donors (Lipinski definition) is 2. The highest BCUT2D eigenvalue weighted by Crippen LogP contribution is 2.27. The van der Waals surface area contributed by atoms with Gasteiger partial charge < -0.3 is 10.4 Å². The Kier molecular flexibility index (Phi) is 4.93. The Bertz CT molecular complexity index is 522. The molecule has 116 valence electrons. The highest BCUT2D eigenvalue weighted by molar-refractivity contribution is 5.97. The zero-order valence-electron chi connectivity index (χ0n) is 11.5. The largest absolute Gasteiger partial charge is 0.480 e. The second kappa shape index (κ2) is 6.11. The number of aromatic nitrogens is 1. The van der Waals surface area contributed by atoms with Gasteiger partial charge in [-0.25, -0.2) is 4.79 Å². The quantitative estimate of drug-likeness (QED) is 0.876. The van der Waals surface area contributed by atoms with Gasteiger partial charge in [-0.2, -0.15) is 13.2 Å². The number of carboxylic acids is 1. The van der Waals surface area contributed by atoms with E-state index in [9.17, 15) is 27.9 Å². The molecular weight excluding hydrogens is 289 g/mol. The molecular formula is C13H15F3N2O3. The lowest BCUT2D eigenvalue weighted by atomic mass is 9.92. The summed E-state index contributed by atoms with van der Waals surface area (Å²) in [7, 11) is 0. The second-order valence-corrected chi connectivity index (χ2v) is 4.48. The van der Waals surface area contributed by atoms with Gasteiger partial charge >= 0.3 is 12.1 Å². The molecule has 5 nitrogen and oxygen atoms in total. The molecule has 1 aromatic rings. The van der Waals surface area contributed by atoms with E-state index in [-0.39, 0.29) is 18.4 Å². The topological polar surface area (TPSA) is 79.3 Å². The maximum absolute atomic E-state index is 12.4. The summed E-state index contributed by atoms with van der Waals surface area (Å²) in [6.45, 7) is 3.20. The number of nitrogens with zero attached hydrogens (tertiary/aromatic N) is 1. The minimum atomic E-state index is -4.59. The molecule has 21 heavy (non-hydrogen) atoms. The van der Waals surface area contributed by atoms with Gasteiger partial charge in [-0.3, -0.25) is 9.78 Å². The lowest BCUT2D eigenvalue weighted by molar-refractivity contribution is -0.145. The zero-order valence-corrected chi connectivity index (χ0v) is 11.5. The Balaban J connectivity index is 2.96. The smallest absolute Gasteiger partial charge is 0.433 e. The highest BCUT2D eigenvalue weighted by atomic mass is 19.4. The van der Waals surface area contributed by atoms with Crippen LogP contribution in [0.15, 0.2) is 18.3 Å². The number of pyridine rings is 1. The number of aliphatic carboxylic acids is 1. The molecule has 0 bridgehead atoms. The van der Waals surface area contributed by atoms with Crippen LogP contribution >= 0.6 is 0 Å². The molecule has 0 atom stereocenters. The maximum Gasteiger partial charge on any atom is 0.433 e. The monoisotopic (exact) mass is 304 g/mol. The summed E-state index contributed by atoms with van der Waals surface area (Å²) < 4.78 is 37.1. The predicted molar refractivity (Wildman–Crippen MR) is 67.7 cm³/mol. The van der Waals surface area contributed by atoms with Gasteiger partial charge in [-0.1, -0.05) is 13.8 Å². The van der Waals surface area contributed by atoms with Crippen molar-refractivity contribution in [1.29, 1.82) is 0 Å². The van der Waals surface area contributed by atoms with Crippen molar-refractivity contribution in [2.75, 3.05) is 0 Å². The van der Waals surface area contributed by atoms with Gasteiger partial charge in [-0.05, 0) is 25.0 Å². The number of carbonyl (C=O) groups is 2. The van der Waals surface area contributed by atoms with Crippen LogP contribution in [0.5, 0.6) is 0 Å². The van der Waals surface area contributed by atoms with Crippen molar-refractivity contribution in [2.45, 2.75) is 38.4 Å². The molecule has 0 aliphatic rings. The Morgan fingerprint density at radius 2 is 1.81 bits per heavy atom. The van der Waals surface area contributed by atoms with Crippen LogP contribution in [0.2, 0.25) is 0 Å². The van der Waals surface area contributed by atoms with E-state index in [4.69, 9.17) is 0 Å². The van der Waals surface area contributed by atoms with Crippen LogP contribution in [0, 0.1) is 0 Å². The van der Waals surface area contributed by atoms with Crippen LogP contribution in [-0.2, 0) is 11.0 Å². The Morgan fingerprint density at radius 3 is 2.14 bits per heavy atom. The number of amides is 1. The Labute approximate surface area is 119 Å². The molecule has 0 aliphatic heterocycles. The molecule has 0 fully saturated rings. The lowest BCUT2D eigenvalue weighted by Gasteiger charge is -2.28. The van der Waals surface area contributed by atoms with Crippen LogP contribution in [0.3, 0.4) is 0 Å². The Hall–Kier alpha value is -2.12. The van der Waals surface area contributed by atoms with Gasteiger partial charge in [0, 0.05) is 6.20 Å². The molecule has 0 radical (unpaired) electrons. The summed E-state index contributed by atoms with van der Waals surface area (Å²) in [5.41, 5.74) is -2.69. The van der Waals surface area contributed by atoms with Crippen LogP contribution in [0.1, 0.15) is 42.7 Å². The molecule has 0 aliphatic carbocycles. The molecule has 0 aromatic carbocycles. The van der Waals surface area contributed by atoms with E-state index < -0.39 is 29.3 Å². The summed E-state index contributed by atoms with van der Waals surface area (Å²) in [4.78, 5) is 26.4. The average Bonchev–Trinajstić information content (AvgIpc) is 2.43. The van der Waals surface area contributed by atoms with E-state index in [1.165, 1.54) is 0 Å². The third-order valence-corrected chi connectivity index (χ3v) is 3.29. The molecule has 1 rings (SSSR count). The minimum absolute atomic E-state index is 0.129. The first kappa shape index (κ1) is 16.9. The SMILES string of the molecule is CCC(CC)(NC(=O)c1ccc(C(F)(F)F)nc1)C(=O)O. The molecule has 1 aromatic heterocycles. The van der Waals surface area contributed by atoms with E-state index >= 15 is 0 Å². The fraction of sp³-hybridized carbons (Fsp3) is 0.462. The molecule has 1 amide bonds. The van der Waals surface area contributed by atoms with Gasteiger partial charge in [0.25, 0.3) is 5.91 Å². The van der Waals surface area contributed by atoms with Crippen molar-refractivity contribution in [3.05, 3.63) is 29.6 Å². The third-order valence-electron chi connectivity index (χ3n) is 3.29. The van der Waals surface area contributed by atoms with Crippen LogP contribution < -0.4 is 5.32 Å². The fourth-order valence-corrected chi connectivity index (χ4v) is 1.77. The lowest BCUT2D eigenvalue weighted by Crippen LogP contribution is -2.53. The first-order valence-corrected chi connectivity index (χ1v) is 6.25. The van der Waals surface area contributed by atoms with Crippen molar-refractivity contribution in [3.8, 4) is 0 Å². The van der Waals surface area contributed by atoms with E-state index in [0.29, 0.717) is 6.07 Å². The van der Waals surface area contributed by atoms with Crippen molar-refractivity contribution in [3.63, 3.8) is 0 Å². The van der Waals surface area contributed by atoms with Crippen molar-refractivity contribution in [1.82, 2.24) is 10.3 Å². The number of alkyl halides is 3.